The number of carbonyl (C=O) groups excluding carboxylic acids is 1. The molecule has 0 spiro atoms. The smallest absolute Gasteiger partial charge is 0.430 e. The first kappa shape index (κ1) is 10.9. The van der Waals surface area contributed by atoms with Gasteiger partial charge in [-0.3, -0.25) is 0 Å². The molecule has 0 saturated carbocycles. The first-order chi connectivity index (χ1) is 5.37. The number of hydrogen-bond donors (Lipinski definition) is 0. The van der Waals surface area contributed by atoms with E-state index in [0.29, 0.717) is 0 Å². The minimum Gasteiger partial charge on any atom is -0.442 e. The van der Waals surface area contributed by atoms with E-state index in [2.05, 4.69) is 5.10 Å². The molecule has 0 aliphatic carbocycles. The van der Waals surface area contributed by atoms with Gasteiger partial charge in [0.1, 0.15) is 5.60 Å². The fourth-order valence-corrected chi connectivity index (χ4v) is 0.548. The fraction of sp³-hybridized carbons (Fsp3) is 0.750. The lowest BCUT2D eigenvalue weighted by atomic mass is 10.2. The molecule has 0 aromatic carbocycles. The predicted molar refractivity (Wildman–Crippen MR) is 48.2 cm³/mol. The van der Waals surface area contributed by atoms with Crippen LogP contribution in [0.3, 0.4) is 0 Å². The summed E-state index contributed by atoms with van der Waals surface area (Å²) in [4.78, 5) is 11.1. The van der Waals surface area contributed by atoms with Crippen LogP contribution in [0.25, 0.3) is 0 Å². The van der Waals surface area contributed by atoms with Crippen molar-refractivity contribution < 1.29 is 9.53 Å². The monoisotopic (exact) mass is 172 g/mol. The third-order valence-electron chi connectivity index (χ3n) is 0.946. The van der Waals surface area contributed by atoms with Crippen molar-refractivity contribution in [2.24, 2.45) is 5.10 Å². The van der Waals surface area contributed by atoms with Crippen LogP contribution in [0, 0.1) is 0 Å². The van der Waals surface area contributed by atoms with Crippen LogP contribution < -0.4 is 0 Å². The van der Waals surface area contributed by atoms with E-state index in [9.17, 15) is 4.79 Å². The molecule has 0 N–H and O–H groups in total. The van der Waals surface area contributed by atoms with Gasteiger partial charge in [0, 0.05) is 13.3 Å². The largest absolute Gasteiger partial charge is 0.442 e. The van der Waals surface area contributed by atoms with Gasteiger partial charge < -0.3 is 4.74 Å². The van der Waals surface area contributed by atoms with Crippen LogP contribution in [0.1, 0.15) is 27.7 Å². The maximum absolute atomic E-state index is 11.1. The molecular weight excluding hydrogens is 156 g/mol. The molecule has 0 aromatic rings. The average Bonchev–Trinajstić information content (AvgIpc) is 1.84. The Bertz CT molecular complexity index is 182. The average molecular weight is 172 g/mol. The normalized spacial score (nSPS) is 11.8. The summed E-state index contributed by atoms with van der Waals surface area (Å²) in [5, 5.41) is 4.90. The molecule has 4 nitrogen and oxygen atoms in total. The van der Waals surface area contributed by atoms with Crippen LogP contribution in [0.2, 0.25) is 0 Å². The molecule has 0 aliphatic heterocycles. The van der Waals surface area contributed by atoms with Gasteiger partial charge in [0.15, 0.2) is 0 Å². The highest BCUT2D eigenvalue weighted by Crippen LogP contribution is 2.08. The van der Waals surface area contributed by atoms with E-state index in [-0.39, 0.29) is 0 Å². The van der Waals surface area contributed by atoms with Crippen molar-refractivity contribution in [3.8, 4) is 0 Å². The first-order valence-electron chi connectivity index (χ1n) is 3.82. The van der Waals surface area contributed by atoms with E-state index >= 15 is 0 Å². The summed E-state index contributed by atoms with van der Waals surface area (Å²) in [5.41, 5.74) is -0.464. The third-order valence-corrected chi connectivity index (χ3v) is 0.946. The quantitative estimate of drug-likeness (QED) is 0.447. The summed E-state index contributed by atoms with van der Waals surface area (Å²) in [6.45, 7) is 7.18. The number of amides is 1. The second-order valence-electron chi connectivity index (χ2n) is 3.38. The van der Waals surface area contributed by atoms with Gasteiger partial charge in [-0.25, -0.2) is 9.80 Å². The summed E-state index contributed by atoms with van der Waals surface area (Å²) >= 11 is 0. The van der Waals surface area contributed by atoms with Gasteiger partial charge in [0.2, 0.25) is 0 Å². The number of hydrogen-bond acceptors (Lipinski definition) is 3. The summed E-state index contributed by atoms with van der Waals surface area (Å²) < 4.78 is 5.03. The van der Waals surface area contributed by atoms with Crippen molar-refractivity contribution in [1.82, 2.24) is 5.01 Å². The summed E-state index contributed by atoms with van der Waals surface area (Å²) in [7, 11) is 1.55. The Balaban J connectivity index is 4.05. The summed E-state index contributed by atoms with van der Waals surface area (Å²) in [5.74, 6) is 0. The van der Waals surface area contributed by atoms with Crippen molar-refractivity contribution in [3.63, 3.8) is 0 Å². The molecule has 0 unspecified atom stereocenters. The highest BCUT2D eigenvalue weighted by atomic mass is 16.6. The number of rotatable bonds is 1. The second kappa shape index (κ2) is 4.09. The maximum atomic E-state index is 11.1. The highest BCUT2D eigenvalue weighted by Gasteiger charge is 2.18. The van der Waals surface area contributed by atoms with Gasteiger partial charge in [-0.05, 0) is 27.7 Å². The molecule has 0 bridgehead atoms. The van der Waals surface area contributed by atoms with Gasteiger partial charge in [-0.15, -0.1) is 0 Å². The molecule has 0 radical (unpaired) electrons. The molecule has 1 amide bonds. The SMILES string of the molecule is C/C=N\N(C)C(=O)OC(C)(C)C. The number of carbonyl (C=O) groups is 1. The predicted octanol–water partition coefficient (Wildman–Crippen LogP) is 1.86. The number of hydrazone groups is 1. The zero-order chi connectivity index (χ0) is 9.78. The standard InChI is InChI=1S/C8H16N2O2/c1-6-9-10(5)7(11)12-8(2,3)4/h6H,1-5H3/b9-6-. The zero-order valence-corrected chi connectivity index (χ0v) is 8.29. The Hall–Kier alpha value is -1.06. The van der Waals surface area contributed by atoms with E-state index < -0.39 is 11.7 Å². The van der Waals surface area contributed by atoms with Crippen molar-refractivity contribution in [1.29, 1.82) is 0 Å². The zero-order valence-electron chi connectivity index (χ0n) is 8.29. The van der Waals surface area contributed by atoms with Crippen LogP contribution in [-0.4, -0.2) is 30.0 Å². The van der Waals surface area contributed by atoms with E-state index in [1.807, 2.05) is 20.8 Å². The van der Waals surface area contributed by atoms with E-state index in [1.165, 1.54) is 6.21 Å². The lowest BCUT2D eigenvalue weighted by molar-refractivity contribution is 0.0304. The van der Waals surface area contributed by atoms with Crippen LogP contribution in [0.5, 0.6) is 0 Å². The van der Waals surface area contributed by atoms with Crippen LogP contribution in [0.4, 0.5) is 4.79 Å². The van der Waals surface area contributed by atoms with Crippen LogP contribution >= 0.6 is 0 Å². The van der Waals surface area contributed by atoms with Gasteiger partial charge in [-0.2, -0.15) is 5.10 Å². The molecule has 0 saturated heterocycles. The summed E-state index contributed by atoms with van der Waals surface area (Å²) in [6.07, 6.45) is 1.09. The van der Waals surface area contributed by atoms with Crippen molar-refractivity contribution in [2.75, 3.05) is 7.05 Å². The maximum Gasteiger partial charge on any atom is 0.430 e. The highest BCUT2D eigenvalue weighted by molar-refractivity contribution is 5.69. The minimum atomic E-state index is -0.464. The molecule has 12 heavy (non-hydrogen) atoms. The Morgan fingerprint density at radius 2 is 2.00 bits per heavy atom. The lowest BCUT2D eigenvalue weighted by Crippen LogP contribution is -2.31. The van der Waals surface area contributed by atoms with E-state index in [1.54, 1.807) is 14.0 Å². The fourth-order valence-electron chi connectivity index (χ4n) is 0.548. The van der Waals surface area contributed by atoms with Crippen LogP contribution in [-0.2, 0) is 4.74 Å². The molecular formula is C8H16N2O2. The molecule has 0 atom stereocenters. The van der Waals surface area contributed by atoms with E-state index in [0.717, 1.165) is 5.01 Å². The van der Waals surface area contributed by atoms with Crippen molar-refractivity contribution >= 4 is 12.3 Å². The molecule has 70 valence electrons. The summed E-state index contributed by atoms with van der Waals surface area (Å²) in [6, 6.07) is 0. The van der Waals surface area contributed by atoms with Crippen molar-refractivity contribution in [3.05, 3.63) is 0 Å². The Morgan fingerprint density at radius 1 is 1.50 bits per heavy atom. The Labute approximate surface area is 73.2 Å². The number of nitrogens with zero attached hydrogens (tertiary/aromatic N) is 2. The first-order valence-corrected chi connectivity index (χ1v) is 3.82. The van der Waals surface area contributed by atoms with Crippen molar-refractivity contribution in [2.45, 2.75) is 33.3 Å². The van der Waals surface area contributed by atoms with Crippen LogP contribution in [0.15, 0.2) is 5.10 Å². The minimum absolute atomic E-state index is 0.444. The van der Waals surface area contributed by atoms with Gasteiger partial charge in [0.25, 0.3) is 0 Å². The van der Waals surface area contributed by atoms with Gasteiger partial charge >= 0.3 is 6.09 Å². The molecule has 0 aliphatic rings. The second-order valence-corrected chi connectivity index (χ2v) is 3.38. The molecule has 0 fully saturated rings. The topological polar surface area (TPSA) is 41.9 Å². The Kier molecular flexibility index (Phi) is 3.73. The van der Waals surface area contributed by atoms with E-state index in [4.69, 9.17) is 4.74 Å². The molecule has 0 aromatic heterocycles. The molecule has 0 rings (SSSR count). The Morgan fingerprint density at radius 3 is 2.33 bits per heavy atom. The number of ether oxygens (including phenoxy) is 1. The lowest BCUT2D eigenvalue weighted by Gasteiger charge is -2.21. The molecule has 4 heteroatoms. The van der Waals surface area contributed by atoms with Gasteiger partial charge in [0.05, 0.1) is 0 Å². The molecule has 0 heterocycles. The van der Waals surface area contributed by atoms with Gasteiger partial charge in [-0.1, -0.05) is 0 Å². The third kappa shape index (κ3) is 4.71.